The van der Waals surface area contributed by atoms with E-state index in [1.165, 1.54) is 42.5 Å². The molecular formula is C22H22O10. The molecular weight excluding hydrogens is 424 g/mol. The number of hydrogen-bond acceptors (Lipinski definition) is 10. The van der Waals surface area contributed by atoms with Crippen LogP contribution < -0.4 is 33.8 Å². The third kappa shape index (κ3) is 3.59. The van der Waals surface area contributed by atoms with Gasteiger partial charge in [-0.1, -0.05) is 0 Å². The number of phenols is 1. The van der Waals surface area contributed by atoms with Crippen LogP contribution in [0.3, 0.4) is 0 Å². The molecule has 0 bridgehead atoms. The average Bonchev–Trinajstić information content (AvgIpc) is 2.78. The molecule has 0 spiro atoms. The molecule has 0 saturated heterocycles. The molecule has 0 fully saturated rings. The topological polar surface area (TPSA) is 123 Å². The van der Waals surface area contributed by atoms with Crippen LogP contribution in [0.15, 0.2) is 27.4 Å². The normalized spacial score (nSPS) is 10.6. The van der Waals surface area contributed by atoms with Gasteiger partial charge in [-0.3, -0.25) is 9.59 Å². The van der Waals surface area contributed by atoms with Gasteiger partial charge < -0.3 is 37.9 Å². The lowest BCUT2D eigenvalue weighted by Gasteiger charge is -2.18. The van der Waals surface area contributed by atoms with E-state index in [0.717, 1.165) is 6.07 Å². The van der Waals surface area contributed by atoms with E-state index < -0.39 is 17.1 Å². The Morgan fingerprint density at radius 2 is 1.47 bits per heavy atom. The van der Waals surface area contributed by atoms with Gasteiger partial charge >= 0.3 is 5.97 Å². The molecule has 0 amide bonds. The molecule has 2 aromatic carbocycles. The number of carbonyl (C=O) groups is 1. The summed E-state index contributed by atoms with van der Waals surface area (Å²) in [7, 11) is 6.90. The molecule has 0 unspecified atom stereocenters. The number of esters is 1. The van der Waals surface area contributed by atoms with Gasteiger partial charge in [0.2, 0.25) is 22.7 Å². The molecule has 0 aliphatic carbocycles. The van der Waals surface area contributed by atoms with Crippen LogP contribution in [0, 0.1) is 0 Å². The first-order chi connectivity index (χ1) is 15.3. The maximum Gasteiger partial charge on any atom is 0.308 e. The van der Waals surface area contributed by atoms with Crippen molar-refractivity contribution in [3.8, 4) is 51.6 Å². The van der Waals surface area contributed by atoms with Gasteiger partial charge in [0.05, 0.1) is 41.1 Å². The second kappa shape index (κ2) is 8.96. The Bertz CT molecular complexity index is 1240. The van der Waals surface area contributed by atoms with E-state index >= 15 is 0 Å². The van der Waals surface area contributed by atoms with Gasteiger partial charge in [0.1, 0.15) is 11.1 Å². The Labute approximate surface area is 182 Å². The first-order valence-corrected chi connectivity index (χ1v) is 9.25. The number of phenolic OH excluding ortho intramolecular Hbond substituents is 1. The Balaban J connectivity index is 2.51. The van der Waals surface area contributed by atoms with Crippen LogP contribution in [0.2, 0.25) is 0 Å². The fourth-order valence-corrected chi connectivity index (χ4v) is 3.32. The zero-order valence-corrected chi connectivity index (χ0v) is 18.4. The predicted molar refractivity (Wildman–Crippen MR) is 114 cm³/mol. The fourth-order valence-electron chi connectivity index (χ4n) is 3.32. The smallest absolute Gasteiger partial charge is 0.308 e. The zero-order valence-electron chi connectivity index (χ0n) is 18.4. The van der Waals surface area contributed by atoms with Crippen LogP contribution in [0.4, 0.5) is 0 Å². The molecule has 0 aliphatic heterocycles. The Morgan fingerprint density at radius 3 is 2.00 bits per heavy atom. The lowest BCUT2D eigenvalue weighted by atomic mass is 10.1. The summed E-state index contributed by atoms with van der Waals surface area (Å²) in [5.74, 6) is -0.724. The van der Waals surface area contributed by atoms with Crippen molar-refractivity contribution < 1.29 is 42.7 Å². The minimum atomic E-state index is -0.700. The fraction of sp³-hybridized carbons (Fsp3) is 0.273. The van der Waals surface area contributed by atoms with Crippen molar-refractivity contribution in [2.24, 2.45) is 0 Å². The molecule has 0 saturated carbocycles. The molecule has 3 rings (SSSR count). The highest BCUT2D eigenvalue weighted by Crippen LogP contribution is 2.48. The summed E-state index contributed by atoms with van der Waals surface area (Å²) in [6, 6.07) is 4.32. The van der Waals surface area contributed by atoms with Crippen LogP contribution in [-0.4, -0.2) is 46.6 Å². The molecule has 10 nitrogen and oxygen atoms in total. The van der Waals surface area contributed by atoms with Gasteiger partial charge in [0.15, 0.2) is 28.6 Å². The monoisotopic (exact) mass is 446 g/mol. The summed E-state index contributed by atoms with van der Waals surface area (Å²) in [5, 5.41) is 10.2. The van der Waals surface area contributed by atoms with Gasteiger partial charge in [-0.05, 0) is 12.1 Å². The van der Waals surface area contributed by atoms with Crippen LogP contribution in [0.1, 0.15) is 6.92 Å². The van der Waals surface area contributed by atoms with Crippen LogP contribution >= 0.6 is 0 Å². The summed E-state index contributed by atoms with van der Waals surface area (Å²) >= 11 is 0. The molecule has 170 valence electrons. The molecule has 0 aliphatic rings. The lowest BCUT2D eigenvalue weighted by molar-refractivity contribution is -0.131. The van der Waals surface area contributed by atoms with E-state index in [1.54, 1.807) is 12.1 Å². The maximum atomic E-state index is 13.3. The molecule has 1 aromatic heterocycles. The largest absolute Gasteiger partial charge is 0.507 e. The van der Waals surface area contributed by atoms with E-state index in [-0.39, 0.29) is 51.0 Å². The third-order valence-corrected chi connectivity index (χ3v) is 4.64. The van der Waals surface area contributed by atoms with Gasteiger partial charge in [-0.2, -0.15) is 0 Å². The van der Waals surface area contributed by atoms with E-state index in [2.05, 4.69) is 0 Å². The molecule has 1 heterocycles. The van der Waals surface area contributed by atoms with E-state index in [1.807, 2.05) is 0 Å². The number of methoxy groups -OCH3 is 5. The molecule has 3 aromatic rings. The van der Waals surface area contributed by atoms with E-state index in [4.69, 9.17) is 32.8 Å². The van der Waals surface area contributed by atoms with E-state index in [9.17, 15) is 14.7 Å². The van der Waals surface area contributed by atoms with Gasteiger partial charge in [-0.15, -0.1) is 0 Å². The van der Waals surface area contributed by atoms with Crippen molar-refractivity contribution in [3.05, 3.63) is 28.4 Å². The number of benzene rings is 2. The van der Waals surface area contributed by atoms with Crippen LogP contribution in [0.5, 0.6) is 40.2 Å². The number of hydrogen-bond donors (Lipinski definition) is 1. The van der Waals surface area contributed by atoms with Crippen molar-refractivity contribution >= 4 is 16.9 Å². The van der Waals surface area contributed by atoms with E-state index in [0.29, 0.717) is 5.75 Å². The maximum absolute atomic E-state index is 13.3. The molecule has 32 heavy (non-hydrogen) atoms. The van der Waals surface area contributed by atoms with Crippen molar-refractivity contribution in [2.75, 3.05) is 35.5 Å². The van der Waals surface area contributed by atoms with Gasteiger partial charge in [-0.25, -0.2) is 0 Å². The molecule has 1 N–H and O–H groups in total. The highest BCUT2D eigenvalue weighted by Gasteiger charge is 2.28. The van der Waals surface area contributed by atoms with Crippen molar-refractivity contribution in [1.82, 2.24) is 0 Å². The highest BCUT2D eigenvalue weighted by atomic mass is 16.6. The highest BCUT2D eigenvalue weighted by molar-refractivity contribution is 5.95. The minimum Gasteiger partial charge on any atom is -0.507 e. The summed E-state index contributed by atoms with van der Waals surface area (Å²) in [5.41, 5.74) is -0.624. The minimum absolute atomic E-state index is 0.0104. The number of carbonyl (C=O) groups excluding carboxylic acids is 1. The second-order valence-electron chi connectivity index (χ2n) is 6.40. The molecule has 0 radical (unpaired) electrons. The zero-order chi connectivity index (χ0) is 23.6. The van der Waals surface area contributed by atoms with Crippen molar-refractivity contribution in [2.45, 2.75) is 6.92 Å². The number of ether oxygens (including phenoxy) is 6. The number of aromatic hydroxyl groups is 1. The predicted octanol–water partition coefficient (Wildman–Crippen LogP) is 3.13. The van der Waals surface area contributed by atoms with Crippen LogP contribution in [-0.2, 0) is 4.79 Å². The molecule has 0 atom stereocenters. The lowest BCUT2D eigenvalue weighted by Crippen LogP contribution is -2.11. The summed E-state index contributed by atoms with van der Waals surface area (Å²) in [6.07, 6.45) is 0. The summed E-state index contributed by atoms with van der Waals surface area (Å²) in [4.78, 5) is 25.0. The van der Waals surface area contributed by atoms with Crippen LogP contribution in [0.25, 0.3) is 22.3 Å². The van der Waals surface area contributed by atoms with Crippen molar-refractivity contribution in [3.63, 3.8) is 0 Å². The first kappa shape index (κ1) is 22.6. The Kier molecular flexibility index (Phi) is 6.33. The SMILES string of the molecule is COc1ccc(-c2oc3c(OC(C)=O)c(OC)cc(O)c3c(=O)c2OC)c(OC)c1OC. The summed E-state index contributed by atoms with van der Waals surface area (Å²) in [6.45, 7) is 1.18. The quantitative estimate of drug-likeness (QED) is 0.428. The van der Waals surface area contributed by atoms with Crippen molar-refractivity contribution in [1.29, 1.82) is 0 Å². The standard InChI is InChI=1S/C22H22O10/c1-10(23)31-20-14(27-3)9-12(24)15-16(25)22(30-6)18(32-21(15)20)11-7-8-13(26-2)19(29-5)17(11)28-4/h7-9,24H,1-6H3. The summed E-state index contributed by atoms with van der Waals surface area (Å²) < 4.78 is 37.9. The average molecular weight is 446 g/mol. The molecule has 10 heteroatoms. The Hall–Kier alpha value is -4.08. The number of rotatable bonds is 7. The number of fused-ring (bicyclic) bond motifs is 1. The second-order valence-corrected chi connectivity index (χ2v) is 6.40. The first-order valence-electron chi connectivity index (χ1n) is 9.25. The third-order valence-electron chi connectivity index (χ3n) is 4.64. The van der Waals surface area contributed by atoms with Gasteiger partial charge in [0.25, 0.3) is 0 Å². The van der Waals surface area contributed by atoms with Gasteiger partial charge in [0, 0.05) is 13.0 Å². The Morgan fingerprint density at radius 1 is 0.844 bits per heavy atom.